The average Bonchev–Trinajstić information content (AvgIpc) is 2.08. The monoisotopic (exact) mass is 260 g/mol. The predicted octanol–water partition coefficient (Wildman–Crippen LogP) is 4.86. The molecule has 1 aromatic rings. The van der Waals surface area contributed by atoms with Crippen LogP contribution in [0.3, 0.4) is 0 Å². The molecule has 0 heterocycles. The molecule has 0 bridgehead atoms. The number of hydrogen-bond donors (Lipinski definition) is 0. The van der Waals surface area contributed by atoms with E-state index in [1.165, 1.54) is 6.07 Å². The van der Waals surface area contributed by atoms with Crippen LogP contribution in [-0.4, -0.2) is 8.32 Å². The highest BCUT2D eigenvalue weighted by Gasteiger charge is 2.39. The minimum Gasteiger partial charge on any atom is -0.542 e. The summed E-state index contributed by atoms with van der Waals surface area (Å²) in [6.07, 6.45) is 0. The zero-order valence-electron chi connectivity index (χ0n) is 10.4. The van der Waals surface area contributed by atoms with Crippen LogP contribution in [0.25, 0.3) is 0 Å². The molecule has 16 heavy (non-hydrogen) atoms. The largest absolute Gasteiger partial charge is 0.542 e. The van der Waals surface area contributed by atoms with Gasteiger partial charge in [-0.15, -0.1) is 0 Å². The molecule has 0 aliphatic carbocycles. The van der Waals surface area contributed by atoms with Crippen LogP contribution in [0.5, 0.6) is 5.75 Å². The lowest BCUT2D eigenvalue weighted by Gasteiger charge is -2.36. The number of rotatable bonds is 2. The maximum Gasteiger partial charge on any atom is 0.250 e. The van der Waals surface area contributed by atoms with Gasteiger partial charge in [-0.1, -0.05) is 32.4 Å². The van der Waals surface area contributed by atoms with Gasteiger partial charge >= 0.3 is 0 Å². The van der Waals surface area contributed by atoms with Crippen molar-refractivity contribution < 1.29 is 8.82 Å². The summed E-state index contributed by atoms with van der Waals surface area (Å²) in [6.45, 7) is 10.5. The molecule has 0 atom stereocenters. The zero-order valence-corrected chi connectivity index (χ0v) is 12.2. The van der Waals surface area contributed by atoms with Crippen molar-refractivity contribution in [1.29, 1.82) is 0 Å². The summed E-state index contributed by atoms with van der Waals surface area (Å²) < 4.78 is 19.4. The van der Waals surface area contributed by atoms with E-state index in [0.29, 0.717) is 10.8 Å². The summed E-state index contributed by atoms with van der Waals surface area (Å²) in [5.74, 6) is -0.0895. The molecule has 1 nitrogen and oxygen atoms in total. The van der Waals surface area contributed by atoms with Crippen LogP contribution in [-0.2, 0) is 0 Å². The summed E-state index contributed by atoms with van der Waals surface area (Å²) in [6, 6.07) is 4.52. The van der Waals surface area contributed by atoms with E-state index >= 15 is 0 Å². The fourth-order valence-electron chi connectivity index (χ4n) is 0.986. The molecule has 90 valence electrons. The van der Waals surface area contributed by atoms with E-state index in [1.54, 1.807) is 12.1 Å². The number of halogens is 2. The molecule has 0 aromatic heterocycles. The number of benzene rings is 1. The van der Waals surface area contributed by atoms with Gasteiger partial charge in [0.15, 0.2) is 5.82 Å². The molecule has 0 fully saturated rings. The van der Waals surface area contributed by atoms with Gasteiger partial charge < -0.3 is 4.43 Å². The molecule has 0 spiro atoms. The van der Waals surface area contributed by atoms with Gasteiger partial charge in [-0.25, -0.2) is 4.39 Å². The Morgan fingerprint density at radius 2 is 1.81 bits per heavy atom. The van der Waals surface area contributed by atoms with E-state index in [2.05, 4.69) is 33.9 Å². The lowest BCUT2D eigenvalue weighted by Crippen LogP contribution is -2.44. The normalized spacial score (nSPS) is 12.7. The third-order valence-corrected chi connectivity index (χ3v) is 7.64. The van der Waals surface area contributed by atoms with Gasteiger partial charge in [-0.05, 0) is 36.3 Å². The van der Waals surface area contributed by atoms with Crippen molar-refractivity contribution in [1.82, 2.24) is 0 Å². The Labute approximate surface area is 103 Å². The first-order valence-corrected chi connectivity index (χ1v) is 8.56. The molecule has 0 saturated heterocycles. The Morgan fingerprint density at radius 1 is 1.25 bits per heavy atom. The Balaban J connectivity index is 2.97. The highest BCUT2D eigenvalue weighted by atomic mass is 35.5. The molecule has 0 radical (unpaired) electrons. The van der Waals surface area contributed by atoms with Crippen LogP contribution >= 0.6 is 11.6 Å². The average molecular weight is 261 g/mol. The van der Waals surface area contributed by atoms with Crippen molar-refractivity contribution >= 4 is 19.9 Å². The van der Waals surface area contributed by atoms with E-state index in [0.717, 1.165) is 0 Å². The quantitative estimate of drug-likeness (QED) is 0.690. The molecule has 1 aromatic carbocycles. The maximum absolute atomic E-state index is 13.6. The summed E-state index contributed by atoms with van der Waals surface area (Å²) in [5, 5.41) is 0.444. The van der Waals surface area contributed by atoms with Crippen LogP contribution in [0.2, 0.25) is 23.2 Å². The molecular formula is C12H18ClFOSi. The first kappa shape index (κ1) is 13.5. The molecule has 4 heteroatoms. The van der Waals surface area contributed by atoms with Crippen LogP contribution < -0.4 is 4.43 Å². The SMILES string of the molecule is CC(C)(C)[Si](C)(C)Oc1ccc(Cl)cc1F. The van der Waals surface area contributed by atoms with E-state index in [9.17, 15) is 4.39 Å². The minimum absolute atomic E-state index is 0.0546. The van der Waals surface area contributed by atoms with Crippen LogP contribution in [0.1, 0.15) is 20.8 Å². The van der Waals surface area contributed by atoms with Crippen LogP contribution in [0.15, 0.2) is 18.2 Å². The summed E-state index contributed by atoms with van der Waals surface area (Å²) in [5.41, 5.74) is 0. The van der Waals surface area contributed by atoms with E-state index in [4.69, 9.17) is 16.0 Å². The second-order valence-electron chi connectivity index (χ2n) is 5.44. The van der Waals surface area contributed by atoms with E-state index in [-0.39, 0.29) is 5.04 Å². The fraction of sp³-hybridized carbons (Fsp3) is 0.500. The van der Waals surface area contributed by atoms with Crippen molar-refractivity contribution in [3.63, 3.8) is 0 Å². The van der Waals surface area contributed by atoms with Crippen molar-refractivity contribution in [3.05, 3.63) is 29.0 Å². The van der Waals surface area contributed by atoms with Gasteiger partial charge in [-0.3, -0.25) is 0 Å². The minimum atomic E-state index is -1.98. The summed E-state index contributed by atoms with van der Waals surface area (Å²) in [7, 11) is -1.98. The Morgan fingerprint density at radius 3 is 2.25 bits per heavy atom. The smallest absolute Gasteiger partial charge is 0.250 e. The third kappa shape index (κ3) is 2.98. The molecule has 0 saturated carbocycles. The second-order valence-corrected chi connectivity index (χ2v) is 10.6. The van der Waals surface area contributed by atoms with Gasteiger partial charge in [0, 0.05) is 5.02 Å². The van der Waals surface area contributed by atoms with E-state index in [1.807, 2.05) is 0 Å². The van der Waals surface area contributed by atoms with Gasteiger partial charge in [-0.2, -0.15) is 0 Å². The fourth-order valence-corrected chi connectivity index (χ4v) is 2.17. The van der Waals surface area contributed by atoms with Crippen molar-refractivity contribution in [2.24, 2.45) is 0 Å². The topological polar surface area (TPSA) is 9.23 Å². The molecule has 0 aliphatic rings. The predicted molar refractivity (Wildman–Crippen MR) is 69.2 cm³/mol. The molecular weight excluding hydrogens is 243 g/mol. The number of hydrogen-bond acceptors (Lipinski definition) is 1. The third-order valence-electron chi connectivity index (χ3n) is 3.07. The van der Waals surface area contributed by atoms with Crippen LogP contribution in [0.4, 0.5) is 4.39 Å². The lowest BCUT2D eigenvalue weighted by molar-refractivity contribution is 0.457. The van der Waals surface area contributed by atoms with Crippen molar-refractivity contribution in [2.45, 2.75) is 38.9 Å². The van der Waals surface area contributed by atoms with Gasteiger partial charge in [0.2, 0.25) is 0 Å². The molecule has 0 amide bonds. The first-order chi connectivity index (χ1) is 7.13. The Hall–Kier alpha value is -0.543. The highest BCUT2D eigenvalue weighted by Crippen LogP contribution is 2.38. The molecule has 1 rings (SSSR count). The van der Waals surface area contributed by atoms with Crippen molar-refractivity contribution in [2.75, 3.05) is 0 Å². The molecule has 0 unspecified atom stereocenters. The van der Waals surface area contributed by atoms with Gasteiger partial charge in [0.25, 0.3) is 8.32 Å². The maximum atomic E-state index is 13.6. The van der Waals surface area contributed by atoms with Gasteiger partial charge in [0.05, 0.1) is 0 Å². The van der Waals surface area contributed by atoms with E-state index < -0.39 is 14.1 Å². The lowest BCUT2D eigenvalue weighted by atomic mass is 10.2. The molecule has 0 N–H and O–H groups in total. The molecule has 0 aliphatic heterocycles. The Bertz CT molecular complexity index is 385. The zero-order chi connectivity index (χ0) is 12.6. The Kier molecular flexibility index (Phi) is 3.70. The van der Waals surface area contributed by atoms with Crippen LogP contribution in [0, 0.1) is 5.82 Å². The standard InChI is InChI=1S/C12H18ClFOSi/c1-12(2,3)16(4,5)15-11-7-6-9(13)8-10(11)14/h6-8H,1-5H3. The highest BCUT2D eigenvalue weighted by molar-refractivity contribution is 6.74. The second kappa shape index (κ2) is 4.38. The first-order valence-electron chi connectivity index (χ1n) is 5.27. The van der Waals surface area contributed by atoms with Crippen molar-refractivity contribution in [3.8, 4) is 5.75 Å². The summed E-state index contributed by atoms with van der Waals surface area (Å²) >= 11 is 5.69. The summed E-state index contributed by atoms with van der Waals surface area (Å²) in [4.78, 5) is 0. The van der Waals surface area contributed by atoms with Gasteiger partial charge in [0.1, 0.15) is 5.75 Å².